The van der Waals surface area contributed by atoms with Gasteiger partial charge >= 0.3 is 5.97 Å². The lowest BCUT2D eigenvalue weighted by molar-refractivity contribution is -0.138. The zero-order valence-corrected chi connectivity index (χ0v) is 10.6. The second kappa shape index (κ2) is 6.59. The minimum absolute atomic E-state index is 0.00612. The molecule has 5 heteroatoms. The first-order chi connectivity index (χ1) is 8.04. The van der Waals surface area contributed by atoms with Crippen LogP contribution < -0.4 is 5.32 Å². The second-order valence-corrected chi connectivity index (χ2v) is 4.71. The van der Waals surface area contributed by atoms with Gasteiger partial charge in [0.2, 0.25) is 5.91 Å². The Balaban J connectivity index is 2.42. The number of piperidine rings is 1. The van der Waals surface area contributed by atoms with Crippen molar-refractivity contribution < 1.29 is 14.7 Å². The highest BCUT2D eigenvalue weighted by Gasteiger charge is 2.27. The van der Waals surface area contributed by atoms with E-state index < -0.39 is 5.97 Å². The number of hydrogen-bond donors (Lipinski definition) is 2. The van der Waals surface area contributed by atoms with Gasteiger partial charge in [-0.15, -0.1) is 0 Å². The smallest absolute Gasteiger partial charge is 0.305 e. The Bertz CT molecular complexity index is 281. The average Bonchev–Trinajstić information content (AvgIpc) is 2.35. The van der Waals surface area contributed by atoms with E-state index in [1.165, 1.54) is 4.90 Å². The molecule has 1 heterocycles. The Morgan fingerprint density at radius 3 is 2.76 bits per heavy atom. The van der Waals surface area contributed by atoms with Crippen molar-refractivity contribution in [3.8, 4) is 0 Å². The van der Waals surface area contributed by atoms with Gasteiger partial charge in [-0.1, -0.05) is 13.3 Å². The molecular weight excluding hydrogens is 220 g/mol. The Morgan fingerprint density at radius 1 is 1.47 bits per heavy atom. The van der Waals surface area contributed by atoms with Crippen molar-refractivity contribution in [2.24, 2.45) is 5.92 Å². The Labute approximate surface area is 102 Å². The number of carbonyl (C=O) groups excluding carboxylic acids is 1. The largest absolute Gasteiger partial charge is 0.481 e. The molecule has 0 radical (unpaired) electrons. The molecule has 1 fully saturated rings. The van der Waals surface area contributed by atoms with Crippen LogP contribution in [0, 0.1) is 5.92 Å². The Morgan fingerprint density at radius 2 is 2.18 bits per heavy atom. The van der Waals surface area contributed by atoms with Gasteiger partial charge < -0.3 is 15.3 Å². The van der Waals surface area contributed by atoms with Crippen LogP contribution in [0.15, 0.2) is 0 Å². The first kappa shape index (κ1) is 14.0. The van der Waals surface area contributed by atoms with Gasteiger partial charge in [-0.05, 0) is 25.3 Å². The van der Waals surface area contributed by atoms with Crippen molar-refractivity contribution in [1.82, 2.24) is 10.2 Å². The summed E-state index contributed by atoms with van der Waals surface area (Å²) >= 11 is 0. The van der Waals surface area contributed by atoms with Crippen LogP contribution in [0.4, 0.5) is 0 Å². The van der Waals surface area contributed by atoms with Gasteiger partial charge in [0.15, 0.2) is 0 Å². The third-order valence-corrected chi connectivity index (χ3v) is 3.43. The van der Waals surface area contributed by atoms with E-state index in [-0.39, 0.29) is 24.9 Å². The molecule has 0 aliphatic carbocycles. The van der Waals surface area contributed by atoms with E-state index in [1.54, 1.807) is 7.05 Å². The fourth-order valence-corrected chi connectivity index (χ4v) is 2.19. The van der Waals surface area contributed by atoms with Crippen LogP contribution in [0.2, 0.25) is 0 Å². The van der Waals surface area contributed by atoms with Gasteiger partial charge in [0.1, 0.15) is 0 Å². The van der Waals surface area contributed by atoms with Crippen LogP contribution in [0.5, 0.6) is 0 Å². The van der Waals surface area contributed by atoms with Crippen LogP contribution >= 0.6 is 0 Å². The molecule has 17 heavy (non-hydrogen) atoms. The van der Waals surface area contributed by atoms with E-state index in [9.17, 15) is 9.59 Å². The molecule has 0 saturated carbocycles. The Hall–Kier alpha value is -1.10. The summed E-state index contributed by atoms with van der Waals surface area (Å²) in [4.78, 5) is 24.0. The van der Waals surface area contributed by atoms with Gasteiger partial charge in [0.05, 0.1) is 12.5 Å². The molecule has 1 aliphatic rings. The quantitative estimate of drug-likeness (QED) is 0.744. The predicted octanol–water partition coefficient (Wildman–Crippen LogP) is 0.698. The van der Waals surface area contributed by atoms with Gasteiger partial charge in [-0.25, -0.2) is 0 Å². The van der Waals surface area contributed by atoms with Crippen molar-refractivity contribution in [3.05, 3.63) is 0 Å². The Kier molecular flexibility index (Phi) is 5.41. The molecule has 1 amide bonds. The zero-order chi connectivity index (χ0) is 12.8. The van der Waals surface area contributed by atoms with Crippen LogP contribution in [-0.2, 0) is 9.59 Å². The monoisotopic (exact) mass is 242 g/mol. The van der Waals surface area contributed by atoms with E-state index in [2.05, 4.69) is 12.2 Å². The maximum atomic E-state index is 12.0. The molecule has 1 rings (SSSR count). The van der Waals surface area contributed by atoms with Gasteiger partial charge in [-0.2, -0.15) is 0 Å². The molecule has 0 aromatic heterocycles. The molecule has 0 aromatic carbocycles. The van der Waals surface area contributed by atoms with Gasteiger partial charge in [-0.3, -0.25) is 9.59 Å². The standard InChI is InChI=1S/C12H22N2O3/c1-3-9-4-6-13-10(8-9)12(17)14(2)7-5-11(15)16/h9-10,13H,3-8H2,1-2H3,(H,15,16). The summed E-state index contributed by atoms with van der Waals surface area (Å²) in [7, 11) is 1.67. The number of carboxylic acid groups (broad SMARTS) is 1. The second-order valence-electron chi connectivity index (χ2n) is 4.71. The summed E-state index contributed by atoms with van der Waals surface area (Å²) in [6.45, 7) is 3.30. The molecule has 0 aromatic rings. The lowest BCUT2D eigenvalue weighted by atomic mass is 9.90. The summed E-state index contributed by atoms with van der Waals surface area (Å²) in [6, 6.07) is -0.132. The van der Waals surface area contributed by atoms with E-state index in [0.29, 0.717) is 5.92 Å². The van der Waals surface area contributed by atoms with Gasteiger partial charge in [0.25, 0.3) is 0 Å². The lowest BCUT2D eigenvalue weighted by Crippen LogP contribution is -2.49. The highest BCUT2D eigenvalue weighted by molar-refractivity contribution is 5.82. The number of hydrogen-bond acceptors (Lipinski definition) is 3. The molecule has 2 unspecified atom stereocenters. The maximum Gasteiger partial charge on any atom is 0.305 e. The third kappa shape index (κ3) is 4.34. The van der Waals surface area contributed by atoms with Gasteiger partial charge in [0, 0.05) is 13.6 Å². The van der Waals surface area contributed by atoms with Crippen molar-refractivity contribution >= 4 is 11.9 Å². The number of nitrogens with zero attached hydrogens (tertiary/aromatic N) is 1. The molecule has 5 nitrogen and oxygen atoms in total. The molecule has 98 valence electrons. The van der Waals surface area contributed by atoms with E-state index >= 15 is 0 Å². The normalized spacial score (nSPS) is 24.4. The summed E-state index contributed by atoms with van der Waals surface area (Å²) in [5, 5.41) is 11.8. The SMILES string of the molecule is CCC1CCNC(C(=O)N(C)CCC(=O)O)C1. The predicted molar refractivity (Wildman–Crippen MR) is 64.7 cm³/mol. The minimum atomic E-state index is -0.868. The summed E-state index contributed by atoms with van der Waals surface area (Å²) < 4.78 is 0. The molecule has 0 spiro atoms. The maximum absolute atomic E-state index is 12.0. The zero-order valence-electron chi connectivity index (χ0n) is 10.6. The van der Waals surface area contributed by atoms with Crippen molar-refractivity contribution in [3.63, 3.8) is 0 Å². The van der Waals surface area contributed by atoms with Crippen LogP contribution in [0.25, 0.3) is 0 Å². The summed E-state index contributed by atoms with van der Waals surface area (Å²) in [5.74, 6) is -0.241. The van der Waals surface area contributed by atoms with E-state index in [4.69, 9.17) is 5.11 Å². The number of carbonyl (C=O) groups is 2. The number of carboxylic acids is 1. The number of nitrogens with one attached hydrogen (secondary N) is 1. The number of rotatable bonds is 5. The lowest BCUT2D eigenvalue weighted by Gasteiger charge is -2.31. The molecular formula is C12H22N2O3. The first-order valence-electron chi connectivity index (χ1n) is 6.24. The molecule has 2 N–H and O–H groups in total. The molecule has 0 bridgehead atoms. The fourth-order valence-electron chi connectivity index (χ4n) is 2.19. The van der Waals surface area contributed by atoms with Crippen LogP contribution in [0.3, 0.4) is 0 Å². The van der Waals surface area contributed by atoms with Crippen molar-refractivity contribution in [2.45, 2.75) is 38.6 Å². The number of amides is 1. The van der Waals surface area contributed by atoms with Crippen LogP contribution in [0.1, 0.15) is 32.6 Å². The fraction of sp³-hybridized carbons (Fsp3) is 0.833. The molecule has 1 aliphatic heterocycles. The average molecular weight is 242 g/mol. The van der Waals surface area contributed by atoms with E-state index in [0.717, 1.165) is 25.8 Å². The summed E-state index contributed by atoms with van der Waals surface area (Å²) in [6.07, 6.45) is 3.10. The number of likely N-dealkylation sites (N-methyl/N-ethyl adjacent to an activating group) is 1. The van der Waals surface area contributed by atoms with Crippen molar-refractivity contribution in [1.29, 1.82) is 0 Å². The minimum Gasteiger partial charge on any atom is -0.481 e. The summed E-state index contributed by atoms with van der Waals surface area (Å²) in [5.41, 5.74) is 0. The van der Waals surface area contributed by atoms with Crippen LogP contribution in [-0.4, -0.2) is 48.1 Å². The van der Waals surface area contributed by atoms with E-state index in [1.807, 2.05) is 0 Å². The molecule has 1 saturated heterocycles. The van der Waals surface area contributed by atoms with Crippen molar-refractivity contribution in [2.75, 3.05) is 20.1 Å². The third-order valence-electron chi connectivity index (χ3n) is 3.43. The topological polar surface area (TPSA) is 69.6 Å². The first-order valence-corrected chi connectivity index (χ1v) is 6.24. The number of aliphatic carboxylic acids is 1. The highest BCUT2D eigenvalue weighted by atomic mass is 16.4. The highest BCUT2D eigenvalue weighted by Crippen LogP contribution is 2.20. The molecule has 2 atom stereocenters.